The van der Waals surface area contributed by atoms with Gasteiger partial charge in [-0.2, -0.15) is 0 Å². The van der Waals surface area contributed by atoms with E-state index >= 15 is 0 Å². The molecule has 3 aromatic heterocycles. The molecule has 4 aromatic rings. The van der Waals surface area contributed by atoms with Crippen LogP contribution in [0, 0.1) is 17.0 Å². The number of anilines is 1. The number of nitrogens with zero attached hydrogens (tertiary/aromatic N) is 4. The van der Waals surface area contributed by atoms with Gasteiger partial charge in [0, 0.05) is 18.1 Å². The van der Waals surface area contributed by atoms with Crippen LogP contribution in [-0.4, -0.2) is 34.3 Å². The van der Waals surface area contributed by atoms with Gasteiger partial charge in [-0.05, 0) is 41.1 Å². The van der Waals surface area contributed by atoms with E-state index in [-0.39, 0.29) is 32.8 Å². The normalized spacial score (nSPS) is 11.5. The highest BCUT2D eigenvalue weighted by Gasteiger charge is 2.24. The van der Waals surface area contributed by atoms with Crippen molar-refractivity contribution in [2.45, 2.75) is 11.8 Å². The van der Waals surface area contributed by atoms with Gasteiger partial charge in [0.1, 0.15) is 10.8 Å². The van der Waals surface area contributed by atoms with Crippen molar-refractivity contribution in [2.75, 3.05) is 12.4 Å². The molecule has 0 radical (unpaired) electrons. The fourth-order valence-corrected chi connectivity index (χ4v) is 5.05. The van der Waals surface area contributed by atoms with Crippen molar-refractivity contribution < 1.29 is 18.1 Å². The Bertz CT molecular complexity index is 1450. The Morgan fingerprint density at radius 3 is 2.53 bits per heavy atom. The van der Waals surface area contributed by atoms with E-state index in [1.54, 1.807) is 37.3 Å². The lowest BCUT2D eigenvalue weighted by Crippen LogP contribution is -2.14. The first-order valence-electron chi connectivity index (χ1n) is 9.21. The van der Waals surface area contributed by atoms with Crippen LogP contribution in [0.15, 0.2) is 59.8 Å². The Morgan fingerprint density at radius 1 is 1.16 bits per heavy atom. The van der Waals surface area contributed by atoms with Gasteiger partial charge < -0.3 is 20.2 Å². The fourth-order valence-electron chi connectivity index (χ4n) is 3.26. The molecule has 3 heterocycles. The van der Waals surface area contributed by atoms with E-state index in [4.69, 9.17) is 16.3 Å². The van der Waals surface area contributed by atoms with Gasteiger partial charge in [-0.25, -0.2) is 17.4 Å². The number of nitro groups is 1. The number of fused-ring (bicyclic) bond motifs is 1. The number of hydrogen-bond acceptors (Lipinski definition) is 8. The van der Waals surface area contributed by atoms with Gasteiger partial charge in [-0.3, -0.25) is 0 Å². The highest BCUT2D eigenvalue weighted by atomic mass is 35.5. The third-order valence-corrected chi connectivity index (χ3v) is 6.83. The number of hydrogen-bond donors (Lipinski definition) is 1. The maximum atomic E-state index is 13.1. The molecule has 164 valence electrons. The van der Waals surface area contributed by atoms with E-state index in [1.807, 2.05) is 0 Å². The summed E-state index contributed by atoms with van der Waals surface area (Å²) in [6.07, 6.45) is 2.48. The predicted octanol–water partition coefficient (Wildman–Crippen LogP) is 4.37. The molecule has 1 aromatic carbocycles. The van der Waals surface area contributed by atoms with E-state index < -0.39 is 20.8 Å². The number of halogens is 1. The molecule has 0 saturated carbocycles. The molecule has 10 nitrogen and oxygen atoms in total. The number of pyridine rings is 2. The summed E-state index contributed by atoms with van der Waals surface area (Å²) >= 11 is 6.25. The molecule has 0 aliphatic rings. The Balaban J connectivity index is 1.75. The SMILES string of the molecule is CNc1c([N+](=O)[O-])ncc(Oc2cnc3c(c2)cc(C)n3S(=O)(=O)c2ccccc2)c1Cl. The summed E-state index contributed by atoms with van der Waals surface area (Å²) in [7, 11) is -2.37. The second kappa shape index (κ2) is 8.09. The first-order valence-corrected chi connectivity index (χ1v) is 11.0. The summed E-state index contributed by atoms with van der Waals surface area (Å²) in [5, 5.41) is 14.3. The summed E-state index contributed by atoms with van der Waals surface area (Å²) < 4.78 is 33.1. The van der Waals surface area contributed by atoms with Gasteiger partial charge in [0.05, 0.1) is 11.1 Å². The Morgan fingerprint density at radius 2 is 1.88 bits per heavy atom. The van der Waals surface area contributed by atoms with Crippen LogP contribution in [0.3, 0.4) is 0 Å². The minimum atomic E-state index is -3.84. The zero-order valence-corrected chi connectivity index (χ0v) is 18.4. The van der Waals surface area contributed by atoms with Gasteiger partial charge in [-0.15, -0.1) is 0 Å². The average molecular weight is 474 g/mol. The topological polar surface area (TPSA) is 129 Å². The fraction of sp³-hybridized carbons (Fsp3) is 0.100. The van der Waals surface area contributed by atoms with Gasteiger partial charge in [0.2, 0.25) is 0 Å². The molecule has 1 N–H and O–H groups in total. The first-order chi connectivity index (χ1) is 15.2. The van der Waals surface area contributed by atoms with Gasteiger partial charge in [0.15, 0.2) is 23.3 Å². The predicted molar refractivity (Wildman–Crippen MR) is 119 cm³/mol. The molecule has 0 amide bonds. The zero-order chi connectivity index (χ0) is 23.0. The molecule has 0 aliphatic carbocycles. The van der Waals surface area contributed by atoms with E-state index in [1.165, 1.54) is 29.3 Å². The third-order valence-electron chi connectivity index (χ3n) is 4.64. The molecule has 0 unspecified atom stereocenters. The van der Waals surface area contributed by atoms with Crippen LogP contribution >= 0.6 is 11.6 Å². The first kappa shape index (κ1) is 21.5. The van der Waals surface area contributed by atoms with Crippen LogP contribution in [0.25, 0.3) is 11.0 Å². The second-order valence-corrected chi connectivity index (χ2v) is 8.86. The lowest BCUT2D eigenvalue weighted by Gasteiger charge is -2.11. The van der Waals surface area contributed by atoms with Crippen molar-refractivity contribution in [1.29, 1.82) is 0 Å². The van der Waals surface area contributed by atoms with E-state index in [0.717, 1.165) is 6.20 Å². The summed E-state index contributed by atoms with van der Waals surface area (Å²) in [6, 6.07) is 11.3. The number of ether oxygens (including phenoxy) is 1. The number of benzene rings is 1. The quantitative estimate of drug-likeness (QED) is 0.322. The van der Waals surface area contributed by atoms with Crippen LogP contribution in [0.2, 0.25) is 5.02 Å². The molecule has 4 rings (SSSR count). The number of nitrogens with one attached hydrogen (secondary N) is 1. The third kappa shape index (κ3) is 3.61. The van der Waals surface area contributed by atoms with Gasteiger partial charge >= 0.3 is 5.82 Å². The summed E-state index contributed by atoms with van der Waals surface area (Å²) in [6.45, 7) is 1.67. The van der Waals surface area contributed by atoms with Crippen molar-refractivity contribution in [3.8, 4) is 11.5 Å². The lowest BCUT2D eigenvalue weighted by atomic mass is 10.3. The average Bonchev–Trinajstić information content (AvgIpc) is 3.11. The minimum absolute atomic E-state index is 0.0131. The summed E-state index contributed by atoms with van der Waals surface area (Å²) in [5.41, 5.74) is 0.725. The molecule has 32 heavy (non-hydrogen) atoms. The minimum Gasteiger partial charge on any atom is -0.450 e. The van der Waals surface area contributed by atoms with E-state index in [0.29, 0.717) is 11.1 Å². The molecule has 12 heteroatoms. The highest BCUT2D eigenvalue weighted by molar-refractivity contribution is 7.90. The van der Waals surface area contributed by atoms with Crippen molar-refractivity contribution in [3.63, 3.8) is 0 Å². The van der Waals surface area contributed by atoms with Crippen LogP contribution in [0.4, 0.5) is 11.5 Å². The van der Waals surface area contributed by atoms with Crippen LogP contribution < -0.4 is 10.1 Å². The Labute approximate surface area is 187 Å². The maximum Gasteiger partial charge on any atom is 0.388 e. The summed E-state index contributed by atoms with van der Waals surface area (Å²) in [4.78, 5) is 18.7. The monoisotopic (exact) mass is 473 g/mol. The Kier molecular flexibility index (Phi) is 5.45. The Hall–Kier alpha value is -3.70. The van der Waals surface area contributed by atoms with E-state index in [2.05, 4.69) is 15.3 Å². The largest absolute Gasteiger partial charge is 0.450 e. The smallest absolute Gasteiger partial charge is 0.388 e. The van der Waals surface area contributed by atoms with Crippen molar-refractivity contribution in [1.82, 2.24) is 13.9 Å². The standard InChI is InChI=1S/C20H16ClN5O5S/c1-12-8-13-9-14(31-16-11-24-20(26(27)28)18(22-2)17(16)21)10-23-19(13)25(12)32(29,30)15-6-4-3-5-7-15/h3-11,22H,1-2H3. The van der Waals surface area contributed by atoms with Crippen LogP contribution in [0.5, 0.6) is 11.5 Å². The van der Waals surface area contributed by atoms with Crippen molar-refractivity contribution >= 4 is 44.2 Å². The van der Waals surface area contributed by atoms with Crippen molar-refractivity contribution in [3.05, 3.63) is 75.7 Å². The number of aromatic nitrogens is 3. The molecule has 0 saturated heterocycles. The number of aryl methyl sites for hydroxylation is 1. The highest BCUT2D eigenvalue weighted by Crippen LogP contribution is 2.39. The molecular formula is C20H16ClN5O5S. The second-order valence-electron chi connectivity index (χ2n) is 6.70. The molecular weight excluding hydrogens is 458 g/mol. The van der Waals surface area contributed by atoms with E-state index in [9.17, 15) is 18.5 Å². The maximum absolute atomic E-state index is 13.1. The lowest BCUT2D eigenvalue weighted by molar-refractivity contribution is -0.388. The van der Waals surface area contributed by atoms with Crippen molar-refractivity contribution in [2.24, 2.45) is 0 Å². The zero-order valence-electron chi connectivity index (χ0n) is 16.8. The number of rotatable bonds is 6. The molecule has 0 bridgehead atoms. The van der Waals surface area contributed by atoms with Gasteiger partial charge in [0.25, 0.3) is 10.0 Å². The van der Waals surface area contributed by atoms with Crippen LogP contribution in [0.1, 0.15) is 5.69 Å². The summed E-state index contributed by atoms with van der Waals surface area (Å²) in [5.74, 6) is -0.0977. The molecule has 0 spiro atoms. The molecule has 0 atom stereocenters. The van der Waals surface area contributed by atoms with Crippen LogP contribution in [-0.2, 0) is 10.0 Å². The van der Waals surface area contributed by atoms with Gasteiger partial charge in [-0.1, -0.05) is 29.8 Å². The molecule has 0 aliphatic heterocycles. The molecule has 0 fully saturated rings.